The molecule has 1 amide bonds. The van der Waals surface area contributed by atoms with Crippen LogP contribution in [0.1, 0.15) is 26.5 Å². The number of carbonyl (C=O) groups excluding carboxylic acids is 1. The molecule has 0 saturated heterocycles. The smallest absolute Gasteiger partial charge is 0.335 e. The lowest BCUT2D eigenvalue weighted by molar-refractivity contribution is 0.0696. The topological polar surface area (TPSA) is 91.9 Å². The maximum atomic E-state index is 12.0. The van der Waals surface area contributed by atoms with Crippen molar-refractivity contribution in [2.75, 3.05) is 0 Å². The highest BCUT2D eigenvalue weighted by Gasteiger charge is 2.09. The first-order valence-corrected chi connectivity index (χ1v) is 8.35. The van der Waals surface area contributed by atoms with Crippen molar-refractivity contribution in [3.05, 3.63) is 82.0 Å². The zero-order valence-electron chi connectivity index (χ0n) is 13.3. The third-order valence-corrected chi connectivity index (χ3v) is 4.19. The number of nitrogens with zero attached hydrogens (tertiary/aromatic N) is 1. The lowest BCUT2D eigenvalue weighted by atomic mass is 10.1. The van der Waals surface area contributed by atoms with E-state index < -0.39 is 5.97 Å². The second-order valence-electron chi connectivity index (χ2n) is 5.27. The Morgan fingerprint density at radius 1 is 1.08 bits per heavy atom. The van der Waals surface area contributed by atoms with Crippen molar-refractivity contribution in [2.24, 2.45) is 5.10 Å². The van der Waals surface area contributed by atoms with Crippen molar-refractivity contribution in [3.8, 4) is 11.3 Å². The summed E-state index contributed by atoms with van der Waals surface area (Å²) in [6.45, 7) is 0. The van der Waals surface area contributed by atoms with Gasteiger partial charge in [-0.2, -0.15) is 5.10 Å². The van der Waals surface area contributed by atoms with Crippen LogP contribution in [0.4, 0.5) is 0 Å². The van der Waals surface area contributed by atoms with Gasteiger partial charge in [-0.05, 0) is 52.3 Å². The molecule has 0 saturated carbocycles. The van der Waals surface area contributed by atoms with E-state index >= 15 is 0 Å². The standard InChI is InChI=1S/C19H13BrN2O4/c20-16-7-2-1-6-15(16)18(23)22-21-11-14-8-9-17(26-14)12-4-3-5-13(10-12)19(24)25/h1-11H,(H,22,23)(H,24,25)/b21-11-. The molecule has 1 heterocycles. The maximum absolute atomic E-state index is 12.0. The van der Waals surface area contributed by atoms with Crippen LogP contribution in [-0.4, -0.2) is 23.2 Å². The first-order valence-electron chi connectivity index (χ1n) is 7.56. The molecule has 0 aliphatic rings. The summed E-state index contributed by atoms with van der Waals surface area (Å²) in [5, 5.41) is 12.9. The van der Waals surface area contributed by atoms with Gasteiger partial charge in [-0.3, -0.25) is 4.79 Å². The van der Waals surface area contributed by atoms with Gasteiger partial charge in [0.2, 0.25) is 0 Å². The summed E-state index contributed by atoms with van der Waals surface area (Å²) in [6.07, 6.45) is 1.37. The van der Waals surface area contributed by atoms with Crippen LogP contribution in [0.15, 0.2) is 74.7 Å². The van der Waals surface area contributed by atoms with Crippen LogP contribution in [-0.2, 0) is 0 Å². The Balaban J connectivity index is 1.70. The zero-order chi connectivity index (χ0) is 18.5. The number of aromatic carboxylic acids is 1. The number of hydrogen-bond acceptors (Lipinski definition) is 4. The molecule has 0 radical (unpaired) electrons. The molecule has 6 nitrogen and oxygen atoms in total. The first-order chi connectivity index (χ1) is 12.5. The molecule has 0 fully saturated rings. The third-order valence-electron chi connectivity index (χ3n) is 3.50. The summed E-state index contributed by atoms with van der Waals surface area (Å²) < 4.78 is 6.29. The highest BCUT2D eigenvalue weighted by molar-refractivity contribution is 9.10. The van der Waals surface area contributed by atoms with Gasteiger partial charge in [0.05, 0.1) is 17.3 Å². The van der Waals surface area contributed by atoms with Crippen LogP contribution in [0.25, 0.3) is 11.3 Å². The van der Waals surface area contributed by atoms with Gasteiger partial charge in [-0.25, -0.2) is 10.2 Å². The Morgan fingerprint density at radius 3 is 2.65 bits per heavy atom. The average molecular weight is 413 g/mol. The normalized spacial score (nSPS) is 10.8. The molecule has 0 unspecified atom stereocenters. The summed E-state index contributed by atoms with van der Waals surface area (Å²) in [4.78, 5) is 23.1. The lowest BCUT2D eigenvalue weighted by Gasteiger charge is -2.01. The van der Waals surface area contributed by atoms with Crippen molar-refractivity contribution in [1.82, 2.24) is 5.43 Å². The molecule has 1 aromatic heterocycles. The number of furan rings is 1. The number of amides is 1. The maximum Gasteiger partial charge on any atom is 0.335 e. The minimum absolute atomic E-state index is 0.176. The number of hydrazone groups is 1. The average Bonchev–Trinajstić information content (AvgIpc) is 3.11. The molecule has 0 bridgehead atoms. The van der Waals surface area contributed by atoms with E-state index in [9.17, 15) is 9.59 Å². The van der Waals surface area contributed by atoms with Crippen molar-refractivity contribution in [3.63, 3.8) is 0 Å². The van der Waals surface area contributed by atoms with E-state index in [0.717, 1.165) is 0 Å². The number of carboxylic acids is 1. The van der Waals surface area contributed by atoms with E-state index in [2.05, 4.69) is 26.5 Å². The summed E-state index contributed by atoms with van der Waals surface area (Å²) in [7, 11) is 0. The van der Waals surface area contributed by atoms with Crippen molar-refractivity contribution < 1.29 is 19.1 Å². The van der Waals surface area contributed by atoms with Crippen molar-refractivity contribution >= 4 is 34.0 Å². The number of halogens is 1. The monoisotopic (exact) mass is 412 g/mol. The predicted octanol–water partition coefficient (Wildman–Crippen LogP) is 4.17. The molecular weight excluding hydrogens is 400 g/mol. The van der Waals surface area contributed by atoms with Gasteiger partial charge < -0.3 is 9.52 Å². The van der Waals surface area contributed by atoms with Crippen LogP contribution in [0, 0.1) is 0 Å². The second-order valence-corrected chi connectivity index (χ2v) is 6.12. The van der Waals surface area contributed by atoms with Crippen LogP contribution < -0.4 is 5.43 Å². The molecule has 2 N–H and O–H groups in total. The zero-order valence-corrected chi connectivity index (χ0v) is 14.9. The number of hydrogen-bond donors (Lipinski definition) is 2. The number of rotatable bonds is 5. The fourth-order valence-electron chi connectivity index (χ4n) is 2.24. The highest BCUT2D eigenvalue weighted by atomic mass is 79.9. The van der Waals surface area contributed by atoms with Gasteiger partial charge in [-0.15, -0.1) is 0 Å². The third kappa shape index (κ3) is 4.07. The van der Waals surface area contributed by atoms with Crippen molar-refractivity contribution in [2.45, 2.75) is 0 Å². The van der Waals surface area contributed by atoms with E-state index in [0.29, 0.717) is 27.1 Å². The molecule has 0 aliphatic heterocycles. The summed E-state index contributed by atoms with van der Waals surface area (Å²) in [6, 6.07) is 16.8. The number of benzene rings is 2. The van der Waals surface area contributed by atoms with Gasteiger partial charge in [0.15, 0.2) is 0 Å². The molecule has 26 heavy (non-hydrogen) atoms. The molecule has 0 spiro atoms. The second kappa shape index (κ2) is 7.79. The van der Waals surface area contributed by atoms with Gasteiger partial charge in [0.1, 0.15) is 11.5 Å². The minimum atomic E-state index is -1.00. The molecular formula is C19H13BrN2O4. The fraction of sp³-hybridized carbons (Fsp3) is 0. The molecule has 3 aromatic rings. The van der Waals surface area contributed by atoms with Crippen LogP contribution in [0.2, 0.25) is 0 Å². The van der Waals surface area contributed by atoms with E-state index in [1.54, 1.807) is 42.5 Å². The van der Waals surface area contributed by atoms with E-state index in [-0.39, 0.29) is 11.5 Å². The SMILES string of the molecule is O=C(O)c1cccc(-c2ccc(/C=N\NC(=O)c3ccccc3Br)o2)c1. The molecule has 130 valence electrons. The Morgan fingerprint density at radius 2 is 1.88 bits per heavy atom. The molecule has 7 heteroatoms. The largest absolute Gasteiger partial charge is 0.478 e. The van der Waals surface area contributed by atoms with Gasteiger partial charge in [0, 0.05) is 10.0 Å². The van der Waals surface area contributed by atoms with Gasteiger partial charge in [-0.1, -0.05) is 24.3 Å². The Hall–Kier alpha value is -3.19. The fourth-order valence-corrected chi connectivity index (χ4v) is 2.71. The number of carboxylic acid groups (broad SMARTS) is 1. The Bertz CT molecular complexity index is 994. The highest BCUT2D eigenvalue weighted by Crippen LogP contribution is 2.22. The van der Waals surface area contributed by atoms with E-state index in [4.69, 9.17) is 9.52 Å². The number of carbonyl (C=O) groups is 2. The van der Waals surface area contributed by atoms with Crippen LogP contribution >= 0.6 is 15.9 Å². The van der Waals surface area contributed by atoms with Crippen molar-refractivity contribution in [1.29, 1.82) is 0 Å². The van der Waals surface area contributed by atoms with E-state index in [1.165, 1.54) is 18.3 Å². The first kappa shape index (κ1) is 17.6. The van der Waals surface area contributed by atoms with Gasteiger partial charge >= 0.3 is 5.97 Å². The number of nitrogens with one attached hydrogen (secondary N) is 1. The predicted molar refractivity (Wildman–Crippen MR) is 100 cm³/mol. The quantitative estimate of drug-likeness (QED) is 0.485. The molecule has 2 aromatic carbocycles. The molecule has 0 atom stereocenters. The molecule has 3 rings (SSSR count). The summed E-state index contributed by atoms with van der Waals surface area (Å²) in [5.74, 6) is -0.426. The summed E-state index contributed by atoms with van der Waals surface area (Å²) >= 11 is 3.31. The Labute approximate surface area is 157 Å². The Kier molecular flexibility index (Phi) is 5.28. The molecule has 0 aliphatic carbocycles. The van der Waals surface area contributed by atoms with E-state index in [1.807, 2.05) is 6.07 Å². The minimum Gasteiger partial charge on any atom is -0.478 e. The van der Waals surface area contributed by atoms with Crippen LogP contribution in [0.3, 0.4) is 0 Å². The van der Waals surface area contributed by atoms with Gasteiger partial charge in [0.25, 0.3) is 5.91 Å². The summed E-state index contributed by atoms with van der Waals surface area (Å²) in [5.41, 5.74) is 3.71. The lowest BCUT2D eigenvalue weighted by Crippen LogP contribution is -2.17. The van der Waals surface area contributed by atoms with Crippen LogP contribution in [0.5, 0.6) is 0 Å².